The van der Waals surface area contributed by atoms with Gasteiger partial charge in [-0.15, -0.1) is 0 Å². The Morgan fingerprint density at radius 2 is 2.10 bits per heavy atom. The number of hydrogen-bond acceptors (Lipinski definition) is 2. The summed E-state index contributed by atoms with van der Waals surface area (Å²) in [6, 6.07) is 7.31. The van der Waals surface area contributed by atoms with E-state index in [9.17, 15) is 0 Å². The highest BCUT2D eigenvalue weighted by Crippen LogP contribution is 2.34. The fraction of sp³-hybridized carbons (Fsp3) is 0.684. The van der Waals surface area contributed by atoms with E-state index in [-0.39, 0.29) is 0 Å². The normalized spacial score (nSPS) is 29.0. The Morgan fingerprint density at radius 1 is 1.19 bits per heavy atom. The number of hydrogen-bond donors (Lipinski definition) is 1. The number of nitrogens with one attached hydrogen (secondary N) is 1. The number of fused-ring (bicyclic) bond motifs is 1. The molecule has 3 unspecified atom stereocenters. The molecule has 3 atom stereocenters. The lowest BCUT2D eigenvalue weighted by Crippen LogP contribution is -2.26. The third kappa shape index (κ3) is 3.60. The molecule has 1 aromatic rings. The van der Waals surface area contributed by atoms with E-state index in [2.05, 4.69) is 37.4 Å². The molecule has 0 spiro atoms. The van der Waals surface area contributed by atoms with E-state index in [0.29, 0.717) is 12.1 Å². The van der Waals surface area contributed by atoms with Crippen molar-refractivity contribution in [3.05, 3.63) is 29.3 Å². The highest BCUT2D eigenvalue weighted by molar-refractivity contribution is 5.39. The molecule has 1 N–H and O–H groups in total. The van der Waals surface area contributed by atoms with E-state index in [0.717, 1.165) is 18.2 Å². The first-order valence-electron chi connectivity index (χ1n) is 8.79. The molecule has 0 saturated heterocycles. The molecule has 0 aliphatic heterocycles. The van der Waals surface area contributed by atoms with Gasteiger partial charge >= 0.3 is 0 Å². The number of benzene rings is 1. The van der Waals surface area contributed by atoms with Gasteiger partial charge < -0.3 is 10.1 Å². The van der Waals surface area contributed by atoms with Gasteiger partial charge in [0.25, 0.3) is 0 Å². The molecule has 3 rings (SSSR count). The number of rotatable bonds is 4. The summed E-state index contributed by atoms with van der Waals surface area (Å²) in [7, 11) is 0. The third-order valence-corrected chi connectivity index (χ3v) is 5.07. The van der Waals surface area contributed by atoms with Crippen molar-refractivity contribution in [3.8, 4) is 5.75 Å². The fourth-order valence-electron chi connectivity index (χ4n) is 3.99. The molecule has 2 aliphatic rings. The summed E-state index contributed by atoms with van der Waals surface area (Å²) in [4.78, 5) is 0. The van der Waals surface area contributed by atoms with E-state index >= 15 is 0 Å². The molecular formula is C19H29NO. The summed E-state index contributed by atoms with van der Waals surface area (Å²) in [6.45, 7) is 5.58. The predicted octanol–water partition coefficient (Wildman–Crippen LogP) is 4.63. The van der Waals surface area contributed by atoms with Gasteiger partial charge in [0, 0.05) is 6.04 Å². The van der Waals surface area contributed by atoms with E-state index in [4.69, 9.17) is 4.74 Å². The third-order valence-electron chi connectivity index (χ3n) is 5.07. The molecule has 0 bridgehead atoms. The maximum atomic E-state index is 6.29. The van der Waals surface area contributed by atoms with Gasteiger partial charge in [0.15, 0.2) is 0 Å². The topological polar surface area (TPSA) is 21.3 Å². The average molecular weight is 287 g/mol. The first kappa shape index (κ1) is 14.9. The lowest BCUT2D eigenvalue weighted by Gasteiger charge is -2.29. The van der Waals surface area contributed by atoms with Crippen molar-refractivity contribution in [1.82, 2.24) is 5.32 Å². The van der Waals surface area contributed by atoms with Crippen LogP contribution >= 0.6 is 0 Å². The first-order valence-corrected chi connectivity index (χ1v) is 8.79. The molecular weight excluding hydrogens is 258 g/mol. The van der Waals surface area contributed by atoms with Crippen molar-refractivity contribution >= 4 is 0 Å². The zero-order chi connectivity index (χ0) is 14.7. The Bertz CT molecular complexity index is 471. The van der Waals surface area contributed by atoms with Crippen LogP contribution in [-0.2, 0) is 6.42 Å². The van der Waals surface area contributed by atoms with E-state index in [1.54, 1.807) is 0 Å². The standard InChI is InChI=1S/C19H29NO/c1-3-20-19-9-5-7-15-10-11-17(13-18(15)19)21-16-8-4-6-14(2)12-16/h10-11,13-14,16,19-20H,3-9,12H2,1-2H3. The van der Waals surface area contributed by atoms with Gasteiger partial charge in [0.05, 0.1) is 6.10 Å². The molecule has 1 fully saturated rings. The smallest absolute Gasteiger partial charge is 0.120 e. The van der Waals surface area contributed by atoms with Crippen LogP contribution in [0.4, 0.5) is 0 Å². The van der Waals surface area contributed by atoms with Crippen LogP contribution in [-0.4, -0.2) is 12.6 Å². The molecule has 2 aliphatic carbocycles. The van der Waals surface area contributed by atoms with Gasteiger partial charge in [0.2, 0.25) is 0 Å². The monoisotopic (exact) mass is 287 g/mol. The summed E-state index contributed by atoms with van der Waals surface area (Å²) in [6.07, 6.45) is 9.32. The summed E-state index contributed by atoms with van der Waals surface area (Å²) < 4.78 is 6.29. The Balaban J connectivity index is 1.73. The highest BCUT2D eigenvalue weighted by atomic mass is 16.5. The van der Waals surface area contributed by atoms with Crippen LogP contribution in [0, 0.1) is 5.92 Å². The van der Waals surface area contributed by atoms with Crippen molar-refractivity contribution < 1.29 is 4.74 Å². The molecule has 1 saturated carbocycles. The zero-order valence-electron chi connectivity index (χ0n) is 13.5. The van der Waals surface area contributed by atoms with Crippen molar-refractivity contribution in [2.24, 2.45) is 5.92 Å². The molecule has 2 nitrogen and oxygen atoms in total. The average Bonchev–Trinajstić information content (AvgIpc) is 2.48. The largest absolute Gasteiger partial charge is 0.490 e. The number of aryl methyl sites for hydroxylation is 1. The quantitative estimate of drug-likeness (QED) is 0.871. The minimum atomic E-state index is 0.424. The van der Waals surface area contributed by atoms with Crippen LogP contribution in [0.3, 0.4) is 0 Å². The van der Waals surface area contributed by atoms with Crippen molar-refractivity contribution in [2.45, 2.75) is 70.9 Å². The SMILES string of the molecule is CCNC1CCCc2ccc(OC3CCCC(C)C3)cc21. The van der Waals surface area contributed by atoms with Gasteiger partial charge in [-0.25, -0.2) is 0 Å². The first-order chi connectivity index (χ1) is 10.3. The maximum absolute atomic E-state index is 6.29. The Hall–Kier alpha value is -1.02. The Morgan fingerprint density at radius 3 is 2.90 bits per heavy atom. The second-order valence-electron chi connectivity index (χ2n) is 6.87. The van der Waals surface area contributed by atoms with Crippen LogP contribution in [0.2, 0.25) is 0 Å². The van der Waals surface area contributed by atoms with Crippen molar-refractivity contribution in [2.75, 3.05) is 6.54 Å². The van der Waals surface area contributed by atoms with Crippen LogP contribution in [0.25, 0.3) is 0 Å². The maximum Gasteiger partial charge on any atom is 0.120 e. The predicted molar refractivity (Wildman–Crippen MR) is 87.8 cm³/mol. The minimum Gasteiger partial charge on any atom is -0.490 e. The van der Waals surface area contributed by atoms with Crippen LogP contribution in [0.1, 0.15) is 69.5 Å². The van der Waals surface area contributed by atoms with Gasteiger partial charge in [-0.3, -0.25) is 0 Å². The van der Waals surface area contributed by atoms with Gasteiger partial charge in [-0.1, -0.05) is 26.3 Å². The molecule has 2 heteroatoms. The summed E-state index contributed by atoms with van der Waals surface area (Å²) in [5, 5.41) is 3.62. The Labute approximate surface area is 129 Å². The molecule has 0 aromatic heterocycles. The molecule has 21 heavy (non-hydrogen) atoms. The second kappa shape index (κ2) is 6.83. The molecule has 116 valence electrons. The summed E-state index contributed by atoms with van der Waals surface area (Å²) in [5.41, 5.74) is 2.99. The lowest BCUT2D eigenvalue weighted by molar-refractivity contribution is 0.129. The summed E-state index contributed by atoms with van der Waals surface area (Å²) >= 11 is 0. The van der Waals surface area contributed by atoms with E-state index < -0.39 is 0 Å². The second-order valence-corrected chi connectivity index (χ2v) is 6.87. The fourth-order valence-corrected chi connectivity index (χ4v) is 3.99. The van der Waals surface area contributed by atoms with E-state index in [1.165, 1.54) is 56.1 Å². The van der Waals surface area contributed by atoms with Gasteiger partial charge in [-0.2, -0.15) is 0 Å². The molecule has 0 amide bonds. The summed E-state index contributed by atoms with van der Waals surface area (Å²) in [5.74, 6) is 1.90. The lowest BCUT2D eigenvalue weighted by atomic mass is 9.87. The molecule has 0 heterocycles. The van der Waals surface area contributed by atoms with Crippen LogP contribution in [0.5, 0.6) is 5.75 Å². The number of ether oxygens (including phenoxy) is 1. The minimum absolute atomic E-state index is 0.424. The van der Waals surface area contributed by atoms with E-state index in [1.807, 2.05) is 0 Å². The van der Waals surface area contributed by atoms with Crippen LogP contribution in [0.15, 0.2) is 18.2 Å². The Kier molecular flexibility index (Phi) is 4.84. The van der Waals surface area contributed by atoms with Gasteiger partial charge in [-0.05, 0) is 74.2 Å². The van der Waals surface area contributed by atoms with Gasteiger partial charge in [0.1, 0.15) is 5.75 Å². The highest BCUT2D eigenvalue weighted by Gasteiger charge is 2.23. The van der Waals surface area contributed by atoms with Crippen molar-refractivity contribution in [3.63, 3.8) is 0 Å². The van der Waals surface area contributed by atoms with Crippen LogP contribution < -0.4 is 10.1 Å². The van der Waals surface area contributed by atoms with Crippen molar-refractivity contribution in [1.29, 1.82) is 0 Å². The molecule has 0 radical (unpaired) electrons. The zero-order valence-corrected chi connectivity index (χ0v) is 13.5. The molecule has 1 aromatic carbocycles.